The van der Waals surface area contributed by atoms with Crippen LogP contribution in [0.5, 0.6) is 0 Å². The maximum atomic E-state index is 9.39. The quantitative estimate of drug-likeness (QED) is 0.657. The molecule has 0 amide bonds. The summed E-state index contributed by atoms with van der Waals surface area (Å²) >= 11 is 0. The minimum absolute atomic E-state index is 0.202. The van der Waals surface area contributed by atoms with Crippen LogP contribution in [0.25, 0.3) is 0 Å². The summed E-state index contributed by atoms with van der Waals surface area (Å²) in [5.41, 5.74) is 1.36. The Morgan fingerprint density at radius 1 is 1.28 bits per heavy atom. The summed E-state index contributed by atoms with van der Waals surface area (Å²) in [6, 6.07) is 10.5. The van der Waals surface area contributed by atoms with Crippen molar-refractivity contribution >= 4 is 0 Å². The summed E-state index contributed by atoms with van der Waals surface area (Å²) in [5, 5.41) is 12.7. The van der Waals surface area contributed by atoms with Gasteiger partial charge in [0, 0.05) is 13.1 Å². The molecule has 18 heavy (non-hydrogen) atoms. The first kappa shape index (κ1) is 15.2. The lowest BCUT2D eigenvalue weighted by Crippen LogP contribution is -2.29. The Bertz CT molecular complexity index is 303. The number of rotatable bonds is 9. The summed E-state index contributed by atoms with van der Waals surface area (Å²) in [7, 11) is 2.15. The lowest BCUT2D eigenvalue weighted by Gasteiger charge is -2.17. The van der Waals surface area contributed by atoms with E-state index in [1.807, 2.05) is 13.0 Å². The third-order valence-electron chi connectivity index (χ3n) is 3.04. The molecule has 0 saturated heterocycles. The van der Waals surface area contributed by atoms with Crippen LogP contribution in [0.2, 0.25) is 0 Å². The highest BCUT2D eigenvalue weighted by Crippen LogP contribution is 2.02. The Labute approximate surface area is 111 Å². The monoisotopic (exact) mass is 250 g/mol. The van der Waals surface area contributed by atoms with E-state index >= 15 is 0 Å². The second-order valence-electron chi connectivity index (χ2n) is 4.84. The van der Waals surface area contributed by atoms with Crippen molar-refractivity contribution in [3.8, 4) is 0 Å². The van der Waals surface area contributed by atoms with Crippen molar-refractivity contribution in [2.45, 2.75) is 32.4 Å². The molecule has 2 N–H and O–H groups in total. The summed E-state index contributed by atoms with van der Waals surface area (Å²) in [6.07, 6.45) is 1.73. The molecule has 3 heteroatoms. The predicted molar refractivity (Wildman–Crippen MR) is 76.6 cm³/mol. The Hall–Kier alpha value is -0.900. The lowest BCUT2D eigenvalue weighted by molar-refractivity contribution is 0.167. The number of nitrogens with zero attached hydrogens (tertiary/aromatic N) is 1. The molecule has 0 heterocycles. The summed E-state index contributed by atoms with van der Waals surface area (Å²) in [5.74, 6) is 0. The van der Waals surface area contributed by atoms with Crippen LogP contribution in [-0.4, -0.2) is 42.8 Å². The van der Waals surface area contributed by atoms with Gasteiger partial charge in [0.05, 0.1) is 6.10 Å². The minimum Gasteiger partial charge on any atom is -0.392 e. The molecule has 0 aromatic heterocycles. The molecular weight excluding hydrogens is 224 g/mol. The van der Waals surface area contributed by atoms with Gasteiger partial charge in [-0.15, -0.1) is 0 Å². The van der Waals surface area contributed by atoms with Gasteiger partial charge in [0.1, 0.15) is 0 Å². The molecule has 1 atom stereocenters. The van der Waals surface area contributed by atoms with Crippen molar-refractivity contribution < 1.29 is 5.11 Å². The number of hydrogen-bond acceptors (Lipinski definition) is 3. The van der Waals surface area contributed by atoms with Crippen LogP contribution in [0.15, 0.2) is 30.3 Å². The van der Waals surface area contributed by atoms with Gasteiger partial charge in [0.25, 0.3) is 0 Å². The standard InChI is InChI=1S/C15H26N2O/c1-3-15(18)12-16-10-7-11-17(2)13-14-8-5-4-6-9-14/h4-6,8-9,15-16,18H,3,7,10-13H2,1-2H3. The third-order valence-corrected chi connectivity index (χ3v) is 3.04. The van der Waals surface area contributed by atoms with Gasteiger partial charge in [-0.2, -0.15) is 0 Å². The van der Waals surface area contributed by atoms with E-state index in [1.54, 1.807) is 0 Å². The van der Waals surface area contributed by atoms with Crippen LogP contribution in [0.1, 0.15) is 25.3 Å². The third kappa shape index (κ3) is 6.74. The molecule has 3 nitrogen and oxygen atoms in total. The van der Waals surface area contributed by atoms with Crippen molar-refractivity contribution in [2.75, 3.05) is 26.7 Å². The number of nitrogens with one attached hydrogen (secondary N) is 1. The summed E-state index contributed by atoms with van der Waals surface area (Å²) in [6.45, 7) is 5.75. The molecule has 102 valence electrons. The van der Waals surface area contributed by atoms with Crippen LogP contribution in [0.3, 0.4) is 0 Å². The van der Waals surface area contributed by atoms with E-state index in [2.05, 4.69) is 41.5 Å². The van der Waals surface area contributed by atoms with Gasteiger partial charge in [-0.1, -0.05) is 37.3 Å². The Kier molecular flexibility index (Phi) is 7.65. The van der Waals surface area contributed by atoms with Crippen LogP contribution >= 0.6 is 0 Å². The van der Waals surface area contributed by atoms with E-state index in [0.717, 1.165) is 32.5 Å². The SMILES string of the molecule is CCC(O)CNCCCN(C)Cc1ccccc1. The molecule has 0 aliphatic rings. The Balaban J connectivity index is 2.05. The highest BCUT2D eigenvalue weighted by molar-refractivity contribution is 5.14. The molecule has 0 radical (unpaired) electrons. The molecule has 0 saturated carbocycles. The smallest absolute Gasteiger partial charge is 0.0662 e. The molecule has 1 rings (SSSR count). The first-order valence-corrected chi connectivity index (χ1v) is 6.83. The van der Waals surface area contributed by atoms with E-state index in [4.69, 9.17) is 0 Å². The molecule has 0 fully saturated rings. The second-order valence-corrected chi connectivity index (χ2v) is 4.84. The van der Waals surface area contributed by atoms with Gasteiger partial charge in [0.15, 0.2) is 0 Å². The van der Waals surface area contributed by atoms with E-state index in [1.165, 1.54) is 5.56 Å². The first-order chi connectivity index (χ1) is 8.72. The Morgan fingerprint density at radius 3 is 2.67 bits per heavy atom. The second kappa shape index (κ2) is 9.09. The van der Waals surface area contributed by atoms with Gasteiger partial charge in [-0.3, -0.25) is 0 Å². The summed E-state index contributed by atoms with van der Waals surface area (Å²) in [4.78, 5) is 2.33. The van der Waals surface area contributed by atoms with Gasteiger partial charge >= 0.3 is 0 Å². The molecular formula is C15H26N2O. The largest absolute Gasteiger partial charge is 0.392 e. The van der Waals surface area contributed by atoms with Crippen molar-refractivity contribution in [1.29, 1.82) is 0 Å². The van der Waals surface area contributed by atoms with Gasteiger partial charge in [0.2, 0.25) is 0 Å². The fraction of sp³-hybridized carbons (Fsp3) is 0.600. The number of aliphatic hydroxyl groups excluding tert-OH is 1. The molecule has 1 aromatic rings. The molecule has 0 spiro atoms. The van der Waals surface area contributed by atoms with Gasteiger partial charge in [-0.25, -0.2) is 0 Å². The maximum Gasteiger partial charge on any atom is 0.0662 e. The fourth-order valence-corrected chi connectivity index (χ4v) is 1.86. The zero-order valence-electron chi connectivity index (χ0n) is 11.6. The Morgan fingerprint density at radius 2 is 2.00 bits per heavy atom. The van der Waals surface area contributed by atoms with Crippen LogP contribution < -0.4 is 5.32 Å². The summed E-state index contributed by atoms with van der Waals surface area (Å²) < 4.78 is 0. The normalized spacial score (nSPS) is 12.9. The van der Waals surface area contributed by atoms with E-state index in [-0.39, 0.29) is 6.10 Å². The fourth-order valence-electron chi connectivity index (χ4n) is 1.86. The highest BCUT2D eigenvalue weighted by atomic mass is 16.3. The molecule has 0 aliphatic carbocycles. The van der Waals surface area contributed by atoms with E-state index in [9.17, 15) is 5.11 Å². The number of benzene rings is 1. The average Bonchev–Trinajstić information content (AvgIpc) is 2.39. The minimum atomic E-state index is -0.202. The van der Waals surface area contributed by atoms with Gasteiger partial charge < -0.3 is 15.3 Å². The van der Waals surface area contributed by atoms with Crippen molar-refractivity contribution in [3.05, 3.63) is 35.9 Å². The predicted octanol–water partition coefficient (Wildman–Crippen LogP) is 1.87. The van der Waals surface area contributed by atoms with Crippen molar-refractivity contribution in [2.24, 2.45) is 0 Å². The van der Waals surface area contributed by atoms with E-state index in [0.29, 0.717) is 6.54 Å². The number of hydrogen-bond donors (Lipinski definition) is 2. The van der Waals surface area contributed by atoms with Gasteiger partial charge in [-0.05, 0) is 38.5 Å². The molecule has 1 unspecified atom stereocenters. The molecule has 1 aromatic carbocycles. The van der Waals surface area contributed by atoms with Crippen molar-refractivity contribution in [3.63, 3.8) is 0 Å². The maximum absolute atomic E-state index is 9.39. The van der Waals surface area contributed by atoms with Crippen LogP contribution in [0.4, 0.5) is 0 Å². The highest BCUT2D eigenvalue weighted by Gasteiger charge is 2.01. The zero-order valence-corrected chi connectivity index (χ0v) is 11.6. The van der Waals surface area contributed by atoms with E-state index < -0.39 is 0 Å². The molecule has 0 aliphatic heterocycles. The number of aliphatic hydroxyl groups is 1. The topological polar surface area (TPSA) is 35.5 Å². The lowest BCUT2D eigenvalue weighted by atomic mass is 10.2. The van der Waals surface area contributed by atoms with Crippen LogP contribution in [-0.2, 0) is 6.54 Å². The average molecular weight is 250 g/mol. The zero-order chi connectivity index (χ0) is 13.2. The first-order valence-electron chi connectivity index (χ1n) is 6.83. The van der Waals surface area contributed by atoms with Crippen LogP contribution in [0, 0.1) is 0 Å². The van der Waals surface area contributed by atoms with Crippen molar-refractivity contribution in [1.82, 2.24) is 10.2 Å². The molecule has 0 bridgehead atoms.